The van der Waals surface area contributed by atoms with Crippen molar-refractivity contribution in [2.45, 2.75) is 6.18 Å². The topological polar surface area (TPSA) is 60.8 Å². The van der Waals surface area contributed by atoms with Crippen molar-refractivity contribution in [1.82, 2.24) is 4.90 Å². The van der Waals surface area contributed by atoms with Gasteiger partial charge in [-0.05, 0) is 18.2 Å². The van der Waals surface area contributed by atoms with Gasteiger partial charge < -0.3 is 15.1 Å². The zero-order valence-electron chi connectivity index (χ0n) is 9.62. The number of carbonyl (C=O) groups is 1. The molecule has 1 amide bonds. The third-order valence-corrected chi connectivity index (χ3v) is 2.58. The molecule has 0 unspecified atom stereocenters. The monoisotopic (exact) mass is 341 g/mol. The fourth-order valence-corrected chi connectivity index (χ4v) is 1.86. The summed E-state index contributed by atoms with van der Waals surface area (Å²) in [7, 11) is 0. The van der Waals surface area contributed by atoms with Crippen molar-refractivity contribution in [3.05, 3.63) is 23.8 Å². The van der Waals surface area contributed by atoms with E-state index in [9.17, 15) is 28.2 Å². The van der Waals surface area contributed by atoms with E-state index >= 15 is 0 Å². The summed E-state index contributed by atoms with van der Waals surface area (Å²) in [6.07, 6.45) is -4.54. The lowest BCUT2D eigenvalue weighted by Crippen LogP contribution is -2.40. The van der Waals surface area contributed by atoms with Gasteiger partial charge in [-0.3, -0.25) is 4.79 Å². The third-order valence-electron chi connectivity index (χ3n) is 2.22. The Morgan fingerprint density at radius 3 is 2.47 bits per heavy atom. The molecule has 106 valence electrons. The summed E-state index contributed by atoms with van der Waals surface area (Å²) < 4.78 is 37.1. The number of hydrogen-bond donors (Lipinski definition) is 2. The van der Waals surface area contributed by atoms with Crippen molar-refractivity contribution in [3.63, 3.8) is 0 Å². The molecule has 0 spiro atoms. The first-order valence-corrected chi connectivity index (χ1v) is 6.30. The molecule has 8 heteroatoms. The van der Waals surface area contributed by atoms with Gasteiger partial charge in [0.1, 0.15) is 18.0 Å². The van der Waals surface area contributed by atoms with Crippen LogP contribution in [0.15, 0.2) is 18.2 Å². The second kappa shape index (κ2) is 6.14. The van der Waals surface area contributed by atoms with E-state index in [1.54, 1.807) is 0 Å². The van der Waals surface area contributed by atoms with Crippen LogP contribution in [0.2, 0.25) is 0 Å². The summed E-state index contributed by atoms with van der Waals surface area (Å²) in [4.78, 5) is 12.5. The quantitative estimate of drug-likeness (QED) is 0.653. The van der Waals surface area contributed by atoms with E-state index in [1.807, 2.05) is 0 Å². The molecule has 0 aliphatic carbocycles. The van der Waals surface area contributed by atoms with Crippen molar-refractivity contribution in [1.29, 1.82) is 0 Å². The largest absolute Gasteiger partial charge is 0.508 e. The van der Waals surface area contributed by atoms with Crippen LogP contribution in [0.5, 0.6) is 11.5 Å². The number of halogens is 4. The molecule has 2 N–H and O–H groups in total. The maximum atomic E-state index is 12.4. The first kappa shape index (κ1) is 15.6. The van der Waals surface area contributed by atoms with Gasteiger partial charge >= 0.3 is 6.18 Å². The van der Waals surface area contributed by atoms with E-state index in [2.05, 4.69) is 15.9 Å². The van der Waals surface area contributed by atoms with Crippen LogP contribution in [0.25, 0.3) is 0 Å². The SMILES string of the molecule is O=C(c1cc(O)ccc1O)N(CCBr)CC(F)(F)F. The molecule has 1 aromatic rings. The first-order valence-electron chi connectivity index (χ1n) is 5.18. The Morgan fingerprint density at radius 1 is 1.32 bits per heavy atom. The highest BCUT2D eigenvalue weighted by Gasteiger charge is 2.33. The van der Waals surface area contributed by atoms with E-state index in [1.165, 1.54) is 0 Å². The average Bonchev–Trinajstić information content (AvgIpc) is 2.29. The van der Waals surface area contributed by atoms with Crippen molar-refractivity contribution in [2.75, 3.05) is 18.4 Å². The molecule has 19 heavy (non-hydrogen) atoms. The summed E-state index contributed by atoms with van der Waals surface area (Å²) in [5, 5.41) is 18.8. The van der Waals surface area contributed by atoms with E-state index < -0.39 is 24.4 Å². The minimum Gasteiger partial charge on any atom is -0.508 e. The number of carbonyl (C=O) groups excluding carboxylic acids is 1. The molecule has 0 heterocycles. The Bertz CT molecular complexity index is 465. The van der Waals surface area contributed by atoms with Crippen molar-refractivity contribution in [2.24, 2.45) is 0 Å². The molecule has 0 aliphatic heterocycles. The molecule has 1 rings (SSSR count). The number of amides is 1. The fraction of sp³-hybridized carbons (Fsp3) is 0.364. The zero-order chi connectivity index (χ0) is 14.6. The Kier molecular flexibility index (Phi) is 5.04. The third kappa shape index (κ3) is 4.62. The Hall–Kier alpha value is -1.44. The molecular weight excluding hydrogens is 331 g/mol. The molecular formula is C11H11BrF3NO3. The number of benzene rings is 1. The maximum absolute atomic E-state index is 12.4. The lowest BCUT2D eigenvalue weighted by molar-refractivity contribution is -0.140. The lowest BCUT2D eigenvalue weighted by Gasteiger charge is -2.23. The van der Waals surface area contributed by atoms with Gasteiger partial charge in [0.25, 0.3) is 5.91 Å². The van der Waals surface area contributed by atoms with E-state index in [-0.39, 0.29) is 23.2 Å². The fourth-order valence-electron chi connectivity index (χ4n) is 1.44. The number of alkyl halides is 4. The molecule has 0 atom stereocenters. The number of phenols is 2. The Balaban J connectivity index is 3.02. The van der Waals surface area contributed by atoms with Crippen LogP contribution in [-0.2, 0) is 0 Å². The van der Waals surface area contributed by atoms with Crippen molar-refractivity contribution < 1.29 is 28.2 Å². The zero-order valence-corrected chi connectivity index (χ0v) is 11.2. The van der Waals surface area contributed by atoms with Crippen LogP contribution >= 0.6 is 15.9 Å². The van der Waals surface area contributed by atoms with Crippen LogP contribution in [0, 0.1) is 0 Å². The van der Waals surface area contributed by atoms with Gasteiger partial charge in [0.2, 0.25) is 0 Å². The lowest BCUT2D eigenvalue weighted by atomic mass is 10.1. The van der Waals surface area contributed by atoms with Gasteiger partial charge in [-0.2, -0.15) is 13.2 Å². The van der Waals surface area contributed by atoms with Crippen LogP contribution < -0.4 is 0 Å². The second-order valence-electron chi connectivity index (χ2n) is 3.73. The van der Waals surface area contributed by atoms with E-state index in [4.69, 9.17) is 0 Å². The number of phenolic OH excluding ortho intramolecular Hbond substituents is 2. The van der Waals surface area contributed by atoms with E-state index in [0.717, 1.165) is 18.2 Å². The molecule has 0 saturated heterocycles. The Labute approximate surface area is 115 Å². The highest BCUT2D eigenvalue weighted by molar-refractivity contribution is 9.09. The van der Waals surface area contributed by atoms with E-state index in [0.29, 0.717) is 4.90 Å². The van der Waals surface area contributed by atoms with Gasteiger partial charge in [-0.15, -0.1) is 0 Å². The van der Waals surface area contributed by atoms with Gasteiger partial charge in [0.15, 0.2) is 0 Å². The number of aromatic hydroxyl groups is 2. The standard InChI is InChI=1S/C11H11BrF3NO3/c12-3-4-16(6-11(13,14)15)10(19)8-5-7(17)1-2-9(8)18/h1-2,5,17-18H,3-4,6H2. The van der Waals surface area contributed by atoms with Crippen LogP contribution in [-0.4, -0.2) is 45.6 Å². The van der Waals surface area contributed by atoms with Gasteiger partial charge in [0, 0.05) is 11.9 Å². The first-order chi connectivity index (χ1) is 8.74. The normalized spacial score (nSPS) is 11.4. The summed E-state index contributed by atoms with van der Waals surface area (Å²) in [6, 6.07) is 3.10. The number of nitrogens with zero attached hydrogens (tertiary/aromatic N) is 1. The van der Waals surface area contributed by atoms with Crippen LogP contribution in [0.4, 0.5) is 13.2 Å². The van der Waals surface area contributed by atoms with Crippen LogP contribution in [0.1, 0.15) is 10.4 Å². The molecule has 0 saturated carbocycles. The van der Waals surface area contributed by atoms with Gasteiger partial charge in [0.05, 0.1) is 5.56 Å². The molecule has 0 aliphatic rings. The smallest absolute Gasteiger partial charge is 0.406 e. The highest BCUT2D eigenvalue weighted by atomic mass is 79.9. The molecule has 0 radical (unpaired) electrons. The molecule has 0 fully saturated rings. The second-order valence-corrected chi connectivity index (χ2v) is 4.53. The predicted octanol–water partition coefficient (Wildman–Crippen LogP) is 2.50. The van der Waals surface area contributed by atoms with Gasteiger partial charge in [-0.25, -0.2) is 0 Å². The summed E-state index contributed by atoms with van der Waals surface area (Å²) in [6.45, 7) is -1.60. The van der Waals surface area contributed by atoms with Gasteiger partial charge in [-0.1, -0.05) is 15.9 Å². The molecule has 4 nitrogen and oxygen atoms in total. The summed E-state index contributed by atoms with van der Waals surface area (Å²) in [5.74, 6) is -1.79. The molecule has 1 aromatic carbocycles. The minimum atomic E-state index is -4.54. The molecule has 0 aromatic heterocycles. The Morgan fingerprint density at radius 2 is 1.95 bits per heavy atom. The number of rotatable bonds is 4. The van der Waals surface area contributed by atoms with Crippen molar-refractivity contribution in [3.8, 4) is 11.5 Å². The van der Waals surface area contributed by atoms with Crippen molar-refractivity contribution >= 4 is 21.8 Å². The number of hydrogen-bond acceptors (Lipinski definition) is 3. The summed E-state index contributed by atoms with van der Waals surface area (Å²) >= 11 is 2.96. The molecule has 0 bridgehead atoms. The minimum absolute atomic E-state index is 0.161. The maximum Gasteiger partial charge on any atom is 0.406 e. The van der Waals surface area contributed by atoms with Crippen LogP contribution in [0.3, 0.4) is 0 Å². The average molecular weight is 342 g/mol. The highest BCUT2D eigenvalue weighted by Crippen LogP contribution is 2.25. The predicted molar refractivity (Wildman–Crippen MR) is 65.5 cm³/mol. The summed E-state index contributed by atoms with van der Waals surface area (Å²) in [5.41, 5.74) is -0.370.